The van der Waals surface area contributed by atoms with Crippen molar-refractivity contribution in [2.24, 2.45) is 0 Å². The summed E-state index contributed by atoms with van der Waals surface area (Å²) in [5.74, 6) is 1.05. The van der Waals surface area contributed by atoms with Crippen molar-refractivity contribution in [2.45, 2.75) is 6.92 Å². The number of aromatic amines is 1. The van der Waals surface area contributed by atoms with Gasteiger partial charge in [-0.2, -0.15) is 0 Å². The predicted octanol–water partition coefficient (Wildman–Crippen LogP) is 5.57. The van der Waals surface area contributed by atoms with Crippen LogP contribution in [0, 0.1) is 6.92 Å². The highest BCUT2D eigenvalue weighted by Crippen LogP contribution is 2.58. The van der Waals surface area contributed by atoms with Crippen LogP contribution in [0.2, 0.25) is 0 Å². The second-order valence-electron chi connectivity index (χ2n) is 10.6. The topological polar surface area (TPSA) is 23.9 Å². The number of fused-ring (bicyclic) bond motifs is 5. The van der Waals surface area contributed by atoms with Crippen LogP contribution in [0.5, 0.6) is 0 Å². The molecule has 4 nitrogen and oxygen atoms in total. The largest absolute Gasteiger partial charge is 1.00 e. The zero-order valence-corrected chi connectivity index (χ0v) is 25.3. The lowest BCUT2D eigenvalue weighted by molar-refractivity contribution is -0.362. The van der Waals surface area contributed by atoms with Gasteiger partial charge in [-0.3, -0.25) is 0 Å². The Hall–Kier alpha value is -4.56. The molecule has 0 radical (unpaired) electrons. The number of nitrogens with zero attached hydrogens (tertiary/aromatic N) is 3. The molecular formula is C36H28BIN4. The molecular weight excluding hydrogens is 626 g/mol. The van der Waals surface area contributed by atoms with Gasteiger partial charge in [0.25, 0.3) is 5.82 Å². The number of H-pyrrole nitrogens is 1. The fraction of sp³-hybridized carbons (Fsp3) is 0.0278. The summed E-state index contributed by atoms with van der Waals surface area (Å²) in [7, 11) is -0.144. The van der Waals surface area contributed by atoms with Crippen LogP contribution in [0.4, 0.5) is 34.3 Å². The summed E-state index contributed by atoms with van der Waals surface area (Å²) in [5.41, 5.74) is 12.0. The fourth-order valence-electron chi connectivity index (χ4n) is 6.51. The van der Waals surface area contributed by atoms with Gasteiger partial charge in [0.15, 0.2) is 0 Å². The minimum absolute atomic E-state index is 0. The molecule has 6 aromatic rings. The molecule has 0 saturated heterocycles. The minimum atomic E-state index is -0.144. The average molecular weight is 654 g/mol. The fourth-order valence-corrected chi connectivity index (χ4v) is 6.51. The molecule has 0 unspecified atom stereocenters. The predicted molar refractivity (Wildman–Crippen MR) is 170 cm³/mol. The first kappa shape index (κ1) is 26.4. The third-order valence-electron chi connectivity index (χ3n) is 8.21. The summed E-state index contributed by atoms with van der Waals surface area (Å²) >= 11 is 0. The molecule has 3 heterocycles. The molecule has 202 valence electrons. The van der Waals surface area contributed by atoms with E-state index in [0.717, 1.165) is 5.82 Å². The smallest absolute Gasteiger partial charge is 0.643 e. The molecule has 1 N–H and O–H groups in total. The van der Waals surface area contributed by atoms with E-state index in [2.05, 4.69) is 160 Å². The molecule has 0 saturated carbocycles. The van der Waals surface area contributed by atoms with Gasteiger partial charge < -0.3 is 33.6 Å². The molecule has 2 aliphatic heterocycles. The molecule has 5 aromatic carbocycles. The normalized spacial score (nSPS) is 13.0. The Morgan fingerprint density at radius 2 is 1.02 bits per heavy atom. The molecule has 1 aromatic heterocycles. The summed E-state index contributed by atoms with van der Waals surface area (Å²) in [5, 5.41) is 0. The first-order valence-corrected chi connectivity index (χ1v) is 14.1. The van der Waals surface area contributed by atoms with E-state index in [1.165, 1.54) is 56.3 Å². The summed E-state index contributed by atoms with van der Waals surface area (Å²) in [6, 6.07) is 50.0. The number of nitrogens with one attached hydrogen (secondary N) is 1. The number of para-hydroxylation sites is 4. The van der Waals surface area contributed by atoms with Crippen LogP contribution >= 0.6 is 0 Å². The van der Waals surface area contributed by atoms with Gasteiger partial charge in [-0.25, -0.2) is 9.79 Å². The van der Waals surface area contributed by atoms with Crippen molar-refractivity contribution in [3.8, 4) is 22.3 Å². The third-order valence-corrected chi connectivity index (χ3v) is 8.21. The number of hydrogen-bond donors (Lipinski definition) is 0. The Morgan fingerprint density at radius 3 is 1.64 bits per heavy atom. The highest BCUT2D eigenvalue weighted by atomic mass is 127. The zero-order valence-electron chi connectivity index (χ0n) is 23.2. The van der Waals surface area contributed by atoms with Crippen LogP contribution in [-0.4, -0.2) is 7.12 Å². The minimum Gasteiger partial charge on any atom is -1.00 e. The van der Waals surface area contributed by atoms with Gasteiger partial charge in [0.1, 0.15) is 5.69 Å². The van der Waals surface area contributed by atoms with E-state index in [1.807, 2.05) is 12.3 Å². The Kier molecular flexibility index (Phi) is 6.71. The van der Waals surface area contributed by atoms with Crippen molar-refractivity contribution in [2.75, 3.05) is 14.4 Å². The van der Waals surface area contributed by atoms with E-state index in [0.29, 0.717) is 0 Å². The standard InChI is InChI=1S/C36H27BN4.HI/c1-26-14-12-23-33-35(26)41(34-24-10-11-25-38-34)37-39(33)31-21-8-9-22-32(31)40(37)36-29(27-15-4-2-5-16-27)19-13-20-30(36)28-17-6-3-7-18-28;/h2-25H,1H3;1H. The average Bonchev–Trinajstić information content (AvgIpc) is 3.56. The Labute approximate surface area is 264 Å². The number of aromatic nitrogens is 1. The zero-order chi connectivity index (χ0) is 27.3. The van der Waals surface area contributed by atoms with Crippen molar-refractivity contribution in [3.05, 3.63) is 151 Å². The van der Waals surface area contributed by atoms with Gasteiger partial charge in [-0.15, -0.1) is 0 Å². The number of hydrogen-bond acceptors (Lipinski definition) is 3. The van der Waals surface area contributed by atoms with E-state index < -0.39 is 0 Å². The highest BCUT2D eigenvalue weighted by molar-refractivity contribution is 6.80. The molecule has 0 fully saturated rings. The lowest BCUT2D eigenvalue weighted by atomic mass is 9.83. The molecule has 6 heteroatoms. The third kappa shape index (κ3) is 4.01. The number of aryl methyl sites for hydroxylation is 1. The van der Waals surface area contributed by atoms with Crippen molar-refractivity contribution in [1.29, 1.82) is 0 Å². The van der Waals surface area contributed by atoms with E-state index in [1.54, 1.807) is 0 Å². The van der Waals surface area contributed by atoms with E-state index in [4.69, 9.17) is 0 Å². The van der Waals surface area contributed by atoms with Gasteiger partial charge in [-0.1, -0.05) is 109 Å². The lowest BCUT2D eigenvalue weighted by Crippen LogP contribution is -3.00. The molecule has 0 aliphatic carbocycles. The van der Waals surface area contributed by atoms with Gasteiger partial charge in [0.2, 0.25) is 0 Å². The number of benzene rings is 5. The first-order chi connectivity index (χ1) is 20.3. The van der Waals surface area contributed by atoms with E-state index in [9.17, 15) is 0 Å². The molecule has 0 atom stereocenters. The second kappa shape index (κ2) is 10.7. The number of halogens is 1. The summed E-state index contributed by atoms with van der Waals surface area (Å²) in [6.07, 6.45) is 2.01. The maximum Gasteiger partial charge on any atom is 0.643 e. The quantitative estimate of drug-likeness (QED) is 0.184. The maximum atomic E-state index is 3.56. The van der Waals surface area contributed by atoms with Crippen molar-refractivity contribution >= 4 is 41.4 Å². The SMILES string of the molecule is Cc1cccc2c1N(c1cccc[nH+]1)B1N2c2ccccc2N1c1c(-c2ccccc2)cccc1-c1ccccc1.[I-]. The Morgan fingerprint density at radius 1 is 0.476 bits per heavy atom. The van der Waals surface area contributed by atoms with E-state index in [-0.39, 0.29) is 31.1 Å². The number of anilines is 6. The first-order valence-electron chi connectivity index (χ1n) is 14.1. The van der Waals surface area contributed by atoms with Crippen molar-refractivity contribution in [3.63, 3.8) is 0 Å². The molecule has 0 amide bonds. The van der Waals surface area contributed by atoms with Crippen molar-refractivity contribution in [1.82, 2.24) is 0 Å². The van der Waals surface area contributed by atoms with Crippen LogP contribution in [0.3, 0.4) is 0 Å². The van der Waals surface area contributed by atoms with Crippen LogP contribution in [-0.2, 0) is 0 Å². The van der Waals surface area contributed by atoms with Crippen LogP contribution in [0.25, 0.3) is 22.3 Å². The van der Waals surface area contributed by atoms with Crippen LogP contribution < -0.4 is 43.4 Å². The van der Waals surface area contributed by atoms with Gasteiger partial charge in [-0.05, 0) is 47.9 Å². The second-order valence-corrected chi connectivity index (χ2v) is 10.6. The van der Waals surface area contributed by atoms with Gasteiger partial charge in [0.05, 0.1) is 23.3 Å². The Balaban J connectivity index is 0.00000288. The lowest BCUT2D eigenvalue weighted by Gasteiger charge is -2.30. The Bertz CT molecular complexity index is 1820. The molecule has 0 bridgehead atoms. The summed E-state index contributed by atoms with van der Waals surface area (Å²) < 4.78 is 0. The maximum absolute atomic E-state index is 3.56. The van der Waals surface area contributed by atoms with Gasteiger partial charge >= 0.3 is 7.12 Å². The molecule has 0 spiro atoms. The summed E-state index contributed by atoms with van der Waals surface area (Å²) in [4.78, 5) is 11.1. The van der Waals surface area contributed by atoms with Crippen molar-refractivity contribution < 1.29 is 29.0 Å². The highest BCUT2D eigenvalue weighted by Gasteiger charge is 2.60. The van der Waals surface area contributed by atoms with Crippen LogP contribution in [0.15, 0.2) is 146 Å². The monoisotopic (exact) mass is 654 g/mol. The number of pyridine rings is 1. The van der Waals surface area contributed by atoms with Gasteiger partial charge in [0, 0.05) is 22.9 Å². The molecule has 2 aliphatic rings. The number of rotatable bonds is 4. The molecule has 42 heavy (non-hydrogen) atoms. The van der Waals surface area contributed by atoms with Crippen LogP contribution in [0.1, 0.15) is 5.56 Å². The molecule has 8 rings (SSSR count). The summed E-state index contributed by atoms with van der Waals surface area (Å²) in [6.45, 7) is 2.21. The van der Waals surface area contributed by atoms with E-state index >= 15 is 0 Å².